The van der Waals surface area contributed by atoms with E-state index in [2.05, 4.69) is 51.6 Å². The maximum atomic E-state index is 2.43. The maximum Gasteiger partial charge on any atom is 0.00214 e. The molecule has 0 amide bonds. The first kappa shape index (κ1) is 16.0. The van der Waals surface area contributed by atoms with Gasteiger partial charge in [-0.25, -0.2) is 0 Å². The smallest absolute Gasteiger partial charge is 0.00214 e. The van der Waals surface area contributed by atoms with Gasteiger partial charge in [0, 0.05) is 13.1 Å². The van der Waals surface area contributed by atoms with Crippen molar-refractivity contribution in [3.05, 3.63) is 0 Å². The molecule has 2 rings (SSSR count). The Bertz CT molecular complexity index is 211. The van der Waals surface area contributed by atoms with Crippen LogP contribution in [0.15, 0.2) is 0 Å². The fourth-order valence-electron chi connectivity index (χ4n) is 2.86. The van der Waals surface area contributed by atoms with Gasteiger partial charge in [0.1, 0.15) is 0 Å². The van der Waals surface area contributed by atoms with Crippen molar-refractivity contribution in [2.24, 2.45) is 23.7 Å². The lowest BCUT2D eigenvalue weighted by Crippen LogP contribution is -2.46. The van der Waals surface area contributed by atoms with Crippen LogP contribution in [-0.4, -0.2) is 50.1 Å². The lowest BCUT2D eigenvalue weighted by Gasteiger charge is -2.38. The Hall–Kier alpha value is -0.0800. The average Bonchev–Trinajstić information content (AvgIpc) is 2.26. The molecular weight excluding hydrogens is 220 g/mol. The minimum atomic E-state index is 0.895. The van der Waals surface area contributed by atoms with Crippen LogP contribution in [-0.2, 0) is 0 Å². The summed E-state index contributed by atoms with van der Waals surface area (Å²) >= 11 is 0. The molecule has 18 heavy (non-hydrogen) atoms. The third-order valence-corrected chi connectivity index (χ3v) is 4.74. The molecule has 0 atom stereocenters. The highest BCUT2D eigenvalue weighted by Gasteiger charge is 2.25. The van der Waals surface area contributed by atoms with Gasteiger partial charge in [-0.1, -0.05) is 27.7 Å². The summed E-state index contributed by atoms with van der Waals surface area (Å²) in [4.78, 5) is 4.80. The Balaban J connectivity index is 0.000000184. The second-order valence-corrected chi connectivity index (χ2v) is 7.11. The quantitative estimate of drug-likeness (QED) is 0.747. The highest BCUT2D eigenvalue weighted by Crippen LogP contribution is 2.23. The van der Waals surface area contributed by atoms with Crippen molar-refractivity contribution in [2.75, 3.05) is 40.3 Å². The van der Waals surface area contributed by atoms with Gasteiger partial charge in [0.2, 0.25) is 0 Å². The molecule has 0 aromatic heterocycles. The van der Waals surface area contributed by atoms with Gasteiger partial charge < -0.3 is 9.80 Å². The second-order valence-electron chi connectivity index (χ2n) is 7.11. The molecule has 2 fully saturated rings. The summed E-state index contributed by atoms with van der Waals surface area (Å²) in [7, 11) is 4.40. The van der Waals surface area contributed by atoms with Crippen molar-refractivity contribution in [2.45, 2.75) is 40.5 Å². The van der Waals surface area contributed by atoms with E-state index in [0.29, 0.717) is 0 Å². The van der Waals surface area contributed by atoms with Crippen molar-refractivity contribution in [3.8, 4) is 0 Å². The fourth-order valence-corrected chi connectivity index (χ4v) is 2.86. The van der Waals surface area contributed by atoms with Gasteiger partial charge >= 0.3 is 0 Å². The maximum absolute atomic E-state index is 2.43. The van der Waals surface area contributed by atoms with Crippen molar-refractivity contribution in [3.63, 3.8) is 0 Å². The molecule has 2 heteroatoms. The molecular formula is C16H34N2. The summed E-state index contributed by atoms with van der Waals surface area (Å²) in [6.45, 7) is 14.5. The van der Waals surface area contributed by atoms with Gasteiger partial charge in [-0.2, -0.15) is 0 Å². The first-order valence-electron chi connectivity index (χ1n) is 7.77. The van der Waals surface area contributed by atoms with Gasteiger partial charge in [-0.3, -0.25) is 0 Å². The van der Waals surface area contributed by atoms with Gasteiger partial charge in [0.15, 0.2) is 0 Å². The normalized spacial score (nSPS) is 24.0. The van der Waals surface area contributed by atoms with E-state index >= 15 is 0 Å². The molecule has 2 heterocycles. The van der Waals surface area contributed by atoms with Crippen LogP contribution in [0.5, 0.6) is 0 Å². The highest BCUT2D eigenvalue weighted by molar-refractivity contribution is 4.78. The van der Waals surface area contributed by atoms with Crippen LogP contribution in [0.1, 0.15) is 40.5 Å². The zero-order valence-electron chi connectivity index (χ0n) is 13.4. The zero-order valence-corrected chi connectivity index (χ0v) is 13.4. The van der Waals surface area contributed by atoms with Crippen LogP contribution in [0.2, 0.25) is 0 Å². The number of hydrogen-bond donors (Lipinski definition) is 0. The summed E-state index contributed by atoms with van der Waals surface area (Å²) in [5, 5.41) is 0. The van der Waals surface area contributed by atoms with Crippen LogP contribution in [0.25, 0.3) is 0 Å². The highest BCUT2D eigenvalue weighted by atomic mass is 15.2. The molecule has 2 aliphatic rings. The zero-order chi connectivity index (χ0) is 13.7. The van der Waals surface area contributed by atoms with Gasteiger partial charge in [0.05, 0.1) is 0 Å². The van der Waals surface area contributed by atoms with Gasteiger partial charge in [-0.15, -0.1) is 0 Å². The average molecular weight is 254 g/mol. The van der Waals surface area contributed by atoms with E-state index in [1.165, 1.54) is 39.0 Å². The first-order valence-corrected chi connectivity index (χ1v) is 7.77. The molecule has 0 saturated carbocycles. The van der Waals surface area contributed by atoms with E-state index < -0.39 is 0 Å². The van der Waals surface area contributed by atoms with E-state index in [1.54, 1.807) is 0 Å². The number of nitrogens with zero attached hydrogens (tertiary/aromatic N) is 2. The van der Waals surface area contributed by atoms with E-state index in [9.17, 15) is 0 Å². The Labute approximate surface area is 115 Å². The molecule has 0 aromatic rings. The molecule has 0 aliphatic carbocycles. The van der Waals surface area contributed by atoms with Crippen molar-refractivity contribution >= 4 is 0 Å². The lowest BCUT2D eigenvalue weighted by atomic mass is 9.87. The molecule has 2 aliphatic heterocycles. The van der Waals surface area contributed by atoms with Crippen molar-refractivity contribution in [1.82, 2.24) is 9.80 Å². The number of piperidine rings is 1. The Morgan fingerprint density at radius 3 is 1.44 bits per heavy atom. The SMILES string of the molecule is CC(C)C1CCN(C)CC1.CC(C)C1CN(C)C1. The lowest BCUT2D eigenvalue weighted by molar-refractivity contribution is 0.0967. The van der Waals surface area contributed by atoms with Crippen LogP contribution in [0.3, 0.4) is 0 Å². The van der Waals surface area contributed by atoms with Crippen LogP contribution >= 0.6 is 0 Å². The number of likely N-dealkylation sites (tertiary alicyclic amines) is 2. The summed E-state index contributed by atoms with van der Waals surface area (Å²) in [5.74, 6) is 3.77. The number of rotatable bonds is 2. The topological polar surface area (TPSA) is 6.48 Å². The van der Waals surface area contributed by atoms with E-state index in [0.717, 1.165) is 23.7 Å². The minimum Gasteiger partial charge on any atom is -0.306 e. The molecule has 0 aromatic carbocycles. The van der Waals surface area contributed by atoms with Crippen LogP contribution < -0.4 is 0 Å². The Kier molecular flexibility index (Phi) is 6.65. The summed E-state index contributed by atoms with van der Waals surface area (Å²) in [6.07, 6.45) is 2.82. The summed E-state index contributed by atoms with van der Waals surface area (Å²) in [6, 6.07) is 0. The molecule has 2 nitrogen and oxygen atoms in total. The van der Waals surface area contributed by atoms with Crippen LogP contribution in [0.4, 0.5) is 0 Å². The second kappa shape index (κ2) is 7.49. The fraction of sp³-hybridized carbons (Fsp3) is 1.00. The monoisotopic (exact) mass is 254 g/mol. The standard InChI is InChI=1S/C9H19N.C7H15N/c1-8(2)9-4-6-10(3)7-5-9;1-6(2)7-4-8(3)5-7/h8-9H,4-7H2,1-3H3;6-7H,4-5H2,1-3H3. The van der Waals surface area contributed by atoms with Crippen molar-refractivity contribution in [1.29, 1.82) is 0 Å². The molecule has 108 valence electrons. The van der Waals surface area contributed by atoms with Crippen LogP contribution in [0, 0.1) is 23.7 Å². The van der Waals surface area contributed by atoms with Crippen molar-refractivity contribution < 1.29 is 0 Å². The largest absolute Gasteiger partial charge is 0.306 e. The Morgan fingerprint density at radius 1 is 0.722 bits per heavy atom. The molecule has 0 unspecified atom stereocenters. The third-order valence-electron chi connectivity index (χ3n) is 4.74. The molecule has 0 spiro atoms. The first-order chi connectivity index (χ1) is 8.40. The van der Waals surface area contributed by atoms with E-state index in [1.807, 2.05) is 0 Å². The van der Waals surface area contributed by atoms with Gasteiger partial charge in [0.25, 0.3) is 0 Å². The van der Waals surface area contributed by atoms with E-state index in [-0.39, 0.29) is 0 Å². The van der Waals surface area contributed by atoms with Gasteiger partial charge in [-0.05, 0) is 63.7 Å². The summed E-state index contributed by atoms with van der Waals surface area (Å²) < 4.78 is 0. The Morgan fingerprint density at radius 2 is 1.17 bits per heavy atom. The third kappa shape index (κ3) is 5.27. The molecule has 0 bridgehead atoms. The number of hydrogen-bond acceptors (Lipinski definition) is 2. The predicted molar refractivity (Wildman–Crippen MR) is 80.9 cm³/mol. The molecule has 2 saturated heterocycles. The summed E-state index contributed by atoms with van der Waals surface area (Å²) in [5.41, 5.74) is 0. The predicted octanol–water partition coefficient (Wildman–Crippen LogP) is 3.19. The minimum absolute atomic E-state index is 0.895. The molecule has 0 N–H and O–H groups in total. The van der Waals surface area contributed by atoms with E-state index in [4.69, 9.17) is 0 Å². The molecule has 0 radical (unpaired) electrons.